The van der Waals surface area contributed by atoms with Crippen LogP contribution in [-0.4, -0.2) is 5.78 Å². The van der Waals surface area contributed by atoms with E-state index in [9.17, 15) is 4.79 Å². The highest BCUT2D eigenvalue weighted by Crippen LogP contribution is 2.25. The normalized spacial score (nSPS) is 20.7. The number of ketones is 1. The van der Waals surface area contributed by atoms with Crippen molar-refractivity contribution in [2.45, 2.75) is 27.2 Å². The van der Waals surface area contributed by atoms with Gasteiger partial charge >= 0.3 is 0 Å². The Morgan fingerprint density at radius 3 is 2.12 bits per heavy atom. The number of carbonyl (C=O) groups is 1. The second kappa shape index (κ2) is 4.09. The summed E-state index contributed by atoms with van der Waals surface area (Å²) in [5.74, 6) is 0.157. The van der Waals surface area contributed by atoms with Crippen molar-refractivity contribution in [3.8, 4) is 0 Å². The quantitative estimate of drug-likeness (QED) is 0.599. The molecule has 0 aromatic rings. The second-order valence-corrected chi connectivity index (χ2v) is 4.49. The van der Waals surface area contributed by atoms with Gasteiger partial charge in [0.2, 0.25) is 0 Å². The average molecular weight is 212 g/mol. The van der Waals surface area contributed by atoms with E-state index in [0.29, 0.717) is 0 Å². The van der Waals surface area contributed by atoms with Crippen molar-refractivity contribution in [1.29, 1.82) is 0 Å². The SMILES string of the molecule is CC1=CC(=C2C=C(C)C(=O)C(C)=C2)C=CC1. The van der Waals surface area contributed by atoms with Gasteiger partial charge in [0.1, 0.15) is 0 Å². The molecule has 0 bridgehead atoms. The van der Waals surface area contributed by atoms with Crippen molar-refractivity contribution in [2.75, 3.05) is 0 Å². The fourth-order valence-electron chi connectivity index (χ4n) is 2.04. The first-order valence-electron chi connectivity index (χ1n) is 5.57. The lowest BCUT2D eigenvalue weighted by Crippen LogP contribution is -2.07. The molecular weight excluding hydrogens is 196 g/mol. The van der Waals surface area contributed by atoms with Gasteiger partial charge in [-0.15, -0.1) is 0 Å². The fraction of sp³-hybridized carbons (Fsp3) is 0.267. The van der Waals surface area contributed by atoms with E-state index in [2.05, 4.69) is 25.2 Å². The first-order valence-corrected chi connectivity index (χ1v) is 5.57. The number of rotatable bonds is 0. The summed E-state index contributed by atoms with van der Waals surface area (Å²) >= 11 is 0. The lowest BCUT2D eigenvalue weighted by atomic mass is 9.90. The van der Waals surface area contributed by atoms with Gasteiger partial charge in [0.25, 0.3) is 0 Å². The highest BCUT2D eigenvalue weighted by Gasteiger charge is 2.14. The minimum atomic E-state index is 0.157. The van der Waals surface area contributed by atoms with Gasteiger partial charge in [0, 0.05) is 0 Å². The van der Waals surface area contributed by atoms with Crippen molar-refractivity contribution in [1.82, 2.24) is 0 Å². The van der Waals surface area contributed by atoms with Crippen LogP contribution in [0, 0.1) is 0 Å². The van der Waals surface area contributed by atoms with Crippen LogP contribution in [0.15, 0.2) is 58.2 Å². The largest absolute Gasteiger partial charge is 0.289 e. The predicted molar refractivity (Wildman–Crippen MR) is 67.1 cm³/mol. The third-order valence-corrected chi connectivity index (χ3v) is 2.93. The Balaban J connectivity index is 2.49. The molecule has 1 heteroatoms. The molecule has 0 amide bonds. The van der Waals surface area contributed by atoms with Crippen molar-refractivity contribution in [3.63, 3.8) is 0 Å². The molecule has 0 saturated heterocycles. The van der Waals surface area contributed by atoms with E-state index < -0.39 is 0 Å². The van der Waals surface area contributed by atoms with E-state index in [4.69, 9.17) is 0 Å². The molecule has 0 fully saturated rings. The van der Waals surface area contributed by atoms with E-state index in [1.807, 2.05) is 26.0 Å². The first-order chi connectivity index (χ1) is 7.58. The summed E-state index contributed by atoms with van der Waals surface area (Å²) in [5, 5.41) is 0. The Morgan fingerprint density at radius 2 is 1.56 bits per heavy atom. The second-order valence-electron chi connectivity index (χ2n) is 4.49. The standard InChI is InChI=1S/C15H16O/c1-10-5-4-6-13(7-10)14-8-11(2)15(16)12(3)9-14/h4,6-9H,5H2,1-3H3. The van der Waals surface area contributed by atoms with Crippen LogP contribution in [0.25, 0.3) is 0 Å². The van der Waals surface area contributed by atoms with Gasteiger partial charge in [-0.25, -0.2) is 0 Å². The molecule has 0 N–H and O–H groups in total. The Hall–Kier alpha value is -1.63. The zero-order valence-electron chi connectivity index (χ0n) is 10.0. The highest BCUT2D eigenvalue weighted by molar-refractivity contribution is 6.09. The van der Waals surface area contributed by atoms with Crippen LogP contribution in [0.3, 0.4) is 0 Å². The van der Waals surface area contributed by atoms with E-state index in [0.717, 1.165) is 23.1 Å². The van der Waals surface area contributed by atoms with E-state index >= 15 is 0 Å². The molecular formula is C15H16O. The molecule has 0 aromatic heterocycles. The van der Waals surface area contributed by atoms with Gasteiger partial charge in [-0.3, -0.25) is 4.79 Å². The van der Waals surface area contributed by atoms with Crippen molar-refractivity contribution in [3.05, 3.63) is 58.2 Å². The van der Waals surface area contributed by atoms with Crippen LogP contribution in [-0.2, 0) is 4.79 Å². The Labute approximate surface area is 96.6 Å². The van der Waals surface area contributed by atoms with Gasteiger partial charge in [0.05, 0.1) is 0 Å². The molecule has 2 rings (SSSR count). The number of carbonyl (C=O) groups excluding carboxylic acids is 1. The Bertz CT molecular complexity index is 470. The van der Waals surface area contributed by atoms with E-state index in [1.54, 1.807) is 0 Å². The van der Waals surface area contributed by atoms with Gasteiger partial charge in [-0.2, -0.15) is 0 Å². The lowest BCUT2D eigenvalue weighted by Gasteiger charge is -2.14. The summed E-state index contributed by atoms with van der Waals surface area (Å²) in [6.07, 6.45) is 11.5. The van der Waals surface area contributed by atoms with Crippen molar-refractivity contribution < 1.29 is 4.79 Å². The van der Waals surface area contributed by atoms with Crippen LogP contribution < -0.4 is 0 Å². The zero-order chi connectivity index (χ0) is 11.7. The summed E-state index contributed by atoms with van der Waals surface area (Å²) in [7, 11) is 0. The monoisotopic (exact) mass is 212 g/mol. The molecule has 0 unspecified atom stereocenters. The van der Waals surface area contributed by atoms with Crippen LogP contribution in [0.1, 0.15) is 27.2 Å². The third-order valence-electron chi connectivity index (χ3n) is 2.93. The lowest BCUT2D eigenvalue weighted by molar-refractivity contribution is -0.112. The van der Waals surface area contributed by atoms with Crippen LogP contribution in [0.2, 0.25) is 0 Å². The molecule has 0 saturated carbocycles. The van der Waals surface area contributed by atoms with Crippen LogP contribution in [0.5, 0.6) is 0 Å². The average Bonchev–Trinajstić information content (AvgIpc) is 2.25. The number of hydrogen-bond donors (Lipinski definition) is 0. The maximum Gasteiger partial charge on any atom is 0.184 e. The third kappa shape index (κ3) is 1.99. The van der Waals surface area contributed by atoms with Gasteiger partial charge in [0.15, 0.2) is 5.78 Å². The van der Waals surface area contributed by atoms with Gasteiger partial charge in [-0.05, 0) is 61.6 Å². The number of Topliss-reactive ketones (excluding diaryl/α,β-unsaturated/α-hetero) is 1. The molecule has 0 aromatic carbocycles. The molecule has 2 aliphatic rings. The van der Waals surface area contributed by atoms with Crippen molar-refractivity contribution in [2.24, 2.45) is 0 Å². The Kier molecular flexibility index (Phi) is 2.78. The van der Waals surface area contributed by atoms with E-state index in [1.165, 1.54) is 11.1 Å². The van der Waals surface area contributed by atoms with Crippen LogP contribution >= 0.6 is 0 Å². The Morgan fingerprint density at radius 1 is 0.938 bits per heavy atom. The van der Waals surface area contributed by atoms with Gasteiger partial charge in [-0.1, -0.05) is 23.8 Å². The smallest absolute Gasteiger partial charge is 0.184 e. The predicted octanol–water partition coefficient (Wildman–Crippen LogP) is 3.66. The minimum absolute atomic E-state index is 0.157. The molecule has 1 nitrogen and oxygen atoms in total. The number of allylic oxidation sites excluding steroid dienone is 10. The first kappa shape index (κ1) is 10.9. The van der Waals surface area contributed by atoms with Crippen LogP contribution in [0.4, 0.5) is 0 Å². The molecule has 0 atom stereocenters. The molecule has 0 radical (unpaired) electrons. The maximum absolute atomic E-state index is 11.6. The van der Waals surface area contributed by atoms with Gasteiger partial charge < -0.3 is 0 Å². The summed E-state index contributed by atoms with van der Waals surface area (Å²) < 4.78 is 0. The maximum atomic E-state index is 11.6. The molecule has 16 heavy (non-hydrogen) atoms. The topological polar surface area (TPSA) is 17.1 Å². The summed E-state index contributed by atoms with van der Waals surface area (Å²) in [6.45, 7) is 5.89. The molecule has 0 spiro atoms. The molecule has 2 aliphatic carbocycles. The highest BCUT2D eigenvalue weighted by atomic mass is 16.1. The summed E-state index contributed by atoms with van der Waals surface area (Å²) in [4.78, 5) is 11.6. The number of hydrogen-bond acceptors (Lipinski definition) is 1. The molecule has 82 valence electrons. The zero-order valence-corrected chi connectivity index (χ0v) is 10.0. The van der Waals surface area contributed by atoms with Crippen molar-refractivity contribution >= 4 is 5.78 Å². The minimum Gasteiger partial charge on any atom is -0.289 e. The van der Waals surface area contributed by atoms with E-state index in [-0.39, 0.29) is 5.78 Å². The summed E-state index contributed by atoms with van der Waals surface area (Å²) in [6, 6.07) is 0. The fourth-order valence-corrected chi connectivity index (χ4v) is 2.04. The molecule has 0 aliphatic heterocycles. The summed E-state index contributed by atoms with van der Waals surface area (Å²) in [5.41, 5.74) is 5.36. The molecule has 0 heterocycles.